The van der Waals surface area contributed by atoms with Gasteiger partial charge in [-0.1, -0.05) is 35.9 Å². The molecule has 1 unspecified atom stereocenters. The second-order valence-electron chi connectivity index (χ2n) is 5.86. The number of nitrogens with zero attached hydrogens (tertiary/aromatic N) is 1. The Morgan fingerprint density at radius 3 is 2.73 bits per heavy atom. The Hall–Kier alpha value is -2.06. The van der Waals surface area contributed by atoms with Crippen LogP contribution in [0.3, 0.4) is 0 Å². The molecule has 2 heteroatoms. The standard InChI is InChI=1S/C20H19NS/c1-3-21-11-10-14(2)12-18(21)15-8-9-20-17(13-15)16-6-4-5-7-19(16)22-20/h4-13,18H,3H2,1-2H3. The van der Waals surface area contributed by atoms with Crippen molar-refractivity contribution in [3.8, 4) is 0 Å². The number of allylic oxidation sites excluding steroid dienone is 2. The van der Waals surface area contributed by atoms with E-state index in [0.717, 1.165) is 6.54 Å². The molecular weight excluding hydrogens is 286 g/mol. The van der Waals surface area contributed by atoms with Gasteiger partial charge >= 0.3 is 0 Å². The van der Waals surface area contributed by atoms with Crippen molar-refractivity contribution in [3.63, 3.8) is 0 Å². The SMILES string of the molecule is CCN1C=CC(C)=CC1c1ccc2sc3ccccc3c2c1. The van der Waals surface area contributed by atoms with Crippen LogP contribution in [0.1, 0.15) is 25.5 Å². The highest BCUT2D eigenvalue weighted by Crippen LogP contribution is 2.37. The summed E-state index contributed by atoms with van der Waals surface area (Å²) in [7, 11) is 0. The van der Waals surface area contributed by atoms with Crippen LogP contribution in [0.15, 0.2) is 66.4 Å². The number of hydrogen-bond acceptors (Lipinski definition) is 2. The third-order valence-electron chi connectivity index (χ3n) is 4.41. The van der Waals surface area contributed by atoms with Gasteiger partial charge in [0.25, 0.3) is 0 Å². The maximum Gasteiger partial charge on any atom is 0.0726 e. The van der Waals surface area contributed by atoms with E-state index in [1.54, 1.807) is 0 Å². The molecule has 1 aliphatic heterocycles. The molecule has 110 valence electrons. The van der Waals surface area contributed by atoms with Crippen molar-refractivity contribution in [3.05, 3.63) is 72.0 Å². The van der Waals surface area contributed by atoms with Crippen molar-refractivity contribution in [2.75, 3.05) is 6.54 Å². The van der Waals surface area contributed by atoms with Gasteiger partial charge in [-0.15, -0.1) is 11.3 Å². The summed E-state index contributed by atoms with van der Waals surface area (Å²) in [5, 5.41) is 2.76. The Bertz CT molecular complexity index is 900. The number of rotatable bonds is 2. The van der Waals surface area contributed by atoms with Crippen molar-refractivity contribution in [2.45, 2.75) is 19.9 Å². The second kappa shape index (κ2) is 5.29. The monoisotopic (exact) mass is 305 g/mol. The Balaban J connectivity index is 1.88. The van der Waals surface area contributed by atoms with Crippen molar-refractivity contribution in [1.29, 1.82) is 0 Å². The fourth-order valence-corrected chi connectivity index (χ4v) is 4.31. The lowest BCUT2D eigenvalue weighted by atomic mass is 9.98. The van der Waals surface area contributed by atoms with E-state index in [4.69, 9.17) is 0 Å². The highest BCUT2D eigenvalue weighted by atomic mass is 32.1. The van der Waals surface area contributed by atoms with Crippen LogP contribution in [0.4, 0.5) is 0 Å². The van der Waals surface area contributed by atoms with Crippen LogP contribution >= 0.6 is 11.3 Å². The molecule has 0 saturated carbocycles. The van der Waals surface area contributed by atoms with Gasteiger partial charge in [-0.05, 0) is 43.7 Å². The molecule has 0 bridgehead atoms. The minimum Gasteiger partial charge on any atom is -0.367 e. The lowest BCUT2D eigenvalue weighted by Gasteiger charge is -2.31. The first kappa shape index (κ1) is 13.6. The van der Waals surface area contributed by atoms with Crippen molar-refractivity contribution < 1.29 is 0 Å². The number of fused-ring (bicyclic) bond motifs is 3. The first-order valence-electron chi connectivity index (χ1n) is 7.80. The zero-order valence-electron chi connectivity index (χ0n) is 12.9. The Kier molecular flexibility index (Phi) is 3.27. The first-order valence-corrected chi connectivity index (χ1v) is 8.61. The van der Waals surface area contributed by atoms with Crippen molar-refractivity contribution in [1.82, 2.24) is 4.90 Å². The molecule has 3 aromatic rings. The number of benzene rings is 2. The smallest absolute Gasteiger partial charge is 0.0726 e. The van der Waals surface area contributed by atoms with E-state index in [2.05, 4.69) is 79.6 Å². The van der Waals surface area contributed by atoms with Crippen molar-refractivity contribution >= 4 is 31.5 Å². The molecule has 2 heterocycles. The number of hydrogen-bond donors (Lipinski definition) is 0. The Labute approximate surface area is 135 Å². The first-order chi connectivity index (χ1) is 10.8. The van der Waals surface area contributed by atoms with E-state index < -0.39 is 0 Å². The lowest BCUT2D eigenvalue weighted by molar-refractivity contribution is 0.336. The topological polar surface area (TPSA) is 3.24 Å². The summed E-state index contributed by atoms with van der Waals surface area (Å²) in [6.45, 7) is 5.41. The average molecular weight is 305 g/mol. The summed E-state index contributed by atoms with van der Waals surface area (Å²) in [5.74, 6) is 0. The summed E-state index contributed by atoms with van der Waals surface area (Å²) in [4.78, 5) is 2.39. The van der Waals surface area contributed by atoms with Gasteiger partial charge in [0.15, 0.2) is 0 Å². The highest BCUT2D eigenvalue weighted by molar-refractivity contribution is 7.25. The molecule has 0 aliphatic carbocycles. The summed E-state index contributed by atoms with van der Waals surface area (Å²) in [5.41, 5.74) is 2.71. The molecule has 0 saturated heterocycles. The van der Waals surface area contributed by atoms with Gasteiger partial charge in [-0.25, -0.2) is 0 Å². The largest absolute Gasteiger partial charge is 0.367 e. The maximum absolute atomic E-state index is 2.39. The van der Waals surface area contributed by atoms with Crippen LogP contribution in [0.5, 0.6) is 0 Å². The summed E-state index contributed by atoms with van der Waals surface area (Å²) >= 11 is 1.88. The predicted octanol–water partition coefficient (Wildman–Crippen LogP) is 5.89. The lowest BCUT2D eigenvalue weighted by Crippen LogP contribution is -2.24. The fourth-order valence-electron chi connectivity index (χ4n) is 3.22. The molecule has 4 rings (SSSR count). The van der Waals surface area contributed by atoms with E-state index in [1.807, 2.05) is 11.3 Å². The molecule has 2 aromatic carbocycles. The molecule has 0 spiro atoms. The summed E-state index contributed by atoms with van der Waals surface area (Å²) in [6, 6.07) is 16.0. The third-order valence-corrected chi connectivity index (χ3v) is 5.57. The van der Waals surface area contributed by atoms with Crippen LogP contribution in [0.25, 0.3) is 20.2 Å². The van der Waals surface area contributed by atoms with Crippen LogP contribution in [-0.2, 0) is 0 Å². The highest BCUT2D eigenvalue weighted by Gasteiger charge is 2.18. The minimum atomic E-state index is 0.345. The van der Waals surface area contributed by atoms with E-state index in [1.165, 1.54) is 31.3 Å². The molecule has 0 amide bonds. The predicted molar refractivity (Wildman–Crippen MR) is 97.3 cm³/mol. The van der Waals surface area contributed by atoms with Gasteiger partial charge in [0.2, 0.25) is 0 Å². The van der Waals surface area contributed by atoms with Gasteiger partial charge < -0.3 is 4.90 Å². The van der Waals surface area contributed by atoms with Crippen LogP contribution in [0.2, 0.25) is 0 Å². The van der Waals surface area contributed by atoms with Crippen LogP contribution < -0.4 is 0 Å². The van der Waals surface area contributed by atoms with Gasteiger partial charge in [0.05, 0.1) is 6.04 Å². The van der Waals surface area contributed by atoms with Gasteiger partial charge in [-0.3, -0.25) is 0 Å². The molecule has 1 aromatic heterocycles. The van der Waals surface area contributed by atoms with Gasteiger partial charge in [0.1, 0.15) is 0 Å². The summed E-state index contributed by atoms with van der Waals surface area (Å²) < 4.78 is 2.75. The van der Waals surface area contributed by atoms with Crippen LogP contribution in [0, 0.1) is 0 Å². The van der Waals surface area contributed by atoms with Gasteiger partial charge in [0, 0.05) is 32.9 Å². The molecular formula is C20H19NS. The van der Waals surface area contributed by atoms with E-state index in [9.17, 15) is 0 Å². The van der Waals surface area contributed by atoms with Crippen molar-refractivity contribution in [2.24, 2.45) is 0 Å². The Morgan fingerprint density at radius 2 is 1.86 bits per heavy atom. The Morgan fingerprint density at radius 1 is 1.05 bits per heavy atom. The maximum atomic E-state index is 2.39. The second-order valence-corrected chi connectivity index (χ2v) is 6.94. The van der Waals surface area contributed by atoms with Crippen LogP contribution in [-0.4, -0.2) is 11.4 Å². The molecule has 22 heavy (non-hydrogen) atoms. The summed E-state index contributed by atoms with van der Waals surface area (Å²) in [6.07, 6.45) is 6.77. The zero-order valence-corrected chi connectivity index (χ0v) is 13.7. The molecule has 0 radical (unpaired) electrons. The van der Waals surface area contributed by atoms with E-state index >= 15 is 0 Å². The number of thiophene rings is 1. The quantitative estimate of drug-likeness (QED) is 0.570. The normalized spacial score (nSPS) is 18.2. The molecule has 1 atom stereocenters. The molecule has 0 N–H and O–H groups in total. The molecule has 1 nitrogen and oxygen atoms in total. The number of likely N-dealkylation sites (N-methyl/N-ethyl adjacent to an activating group) is 1. The third kappa shape index (κ3) is 2.15. The minimum absolute atomic E-state index is 0.345. The molecule has 0 fully saturated rings. The molecule has 1 aliphatic rings. The average Bonchev–Trinajstić information content (AvgIpc) is 2.92. The zero-order chi connectivity index (χ0) is 15.1. The van der Waals surface area contributed by atoms with Gasteiger partial charge in [-0.2, -0.15) is 0 Å². The fraction of sp³-hybridized carbons (Fsp3) is 0.200. The van der Waals surface area contributed by atoms with E-state index in [0.29, 0.717) is 6.04 Å². The van der Waals surface area contributed by atoms with E-state index in [-0.39, 0.29) is 0 Å².